The Kier molecular flexibility index (Phi) is 68.2. The largest absolute Gasteiger partial charge is 0.472 e. The Balaban J connectivity index is 5.16. The van der Waals surface area contributed by atoms with Crippen LogP contribution in [0.15, 0.2) is 24.3 Å². The van der Waals surface area contributed by atoms with E-state index in [9.17, 15) is 43.2 Å². The molecule has 3 N–H and O–H groups in total. The second-order valence-corrected chi connectivity index (χ2v) is 29.6. The predicted octanol–water partition coefficient (Wildman–Crippen LogP) is 22.2. The van der Waals surface area contributed by atoms with Gasteiger partial charge in [-0.05, 0) is 51.4 Å². The highest BCUT2D eigenvalue weighted by molar-refractivity contribution is 7.47. The lowest BCUT2D eigenvalue weighted by Gasteiger charge is -2.21. The minimum atomic E-state index is -4.96. The van der Waals surface area contributed by atoms with Gasteiger partial charge in [-0.2, -0.15) is 0 Å². The van der Waals surface area contributed by atoms with E-state index in [2.05, 4.69) is 52.0 Å². The zero-order chi connectivity index (χ0) is 69.7. The maximum Gasteiger partial charge on any atom is 0.472 e. The van der Waals surface area contributed by atoms with Crippen LogP contribution in [0, 0.1) is 0 Å². The van der Waals surface area contributed by atoms with Crippen molar-refractivity contribution in [2.24, 2.45) is 0 Å². The van der Waals surface area contributed by atoms with Crippen molar-refractivity contribution in [2.75, 3.05) is 39.6 Å². The van der Waals surface area contributed by atoms with E-state index < -0.39 is 97.5 Å². The van der Waals surface area contributed by atoms with Crippen LogP contribution in [0.4, 0.5) is 0 Å². The fraction of sp³-hybridized carbons (Fsp3) is 0.895. The average molecular weight is 1390 g/mol. The van der Waals surface area contributed by atoms with E-state index in [-0.39, 0.29) is 25.7 Å². The summed E-state index contributed by atoms with van der Waals surface area (Å²) in [6.07, 6.45) is 63.7. The van der Waals surface area contributed by atoms with Crippen LogP contribution < -0.4 is 0 Å². The summed E-state index contributed by atoms with van der Waals surface area (Å²) in [5.41, 5.74) is 0. The molecule has 0 aromatic heterocycles. The first-order valence-electron chi connectivity index (χ1n) is 39.1. The quantitative estimate of drug-likeness (QED) is 0.0169. The van der Waals surface area contributed by atoms with Gasteiger partial charge in [-0.25, -0.2) is 9.13 Å². The van der Waals surface area contributed by atoms with Gasteiger partial charge in [0.1, 0.15) is 19.3 Å². The highest BCUT2D eigenvalue weighted by atomic mass is 31.2. The molecule has 0 radical (unpaired) electrons. The minimum Gasteiger partial charge on any atom is -0.462 e. The van der Waals surface area contributed by atoms with Gasteiger partial charge in [-0.15, -0.1) is 0 Å². The molecule has 2 unspecified atom stereocenters. The summed E-state index contributed by atoms with van der Waals surface area (Å²) >= 11 is 0. The van der Waals surface area contributed by atoms with Gasteiger partial charge < -0.3 is 33.8 Å². The van der Waals surface area contributed by atoms with Crippen molar-refractivity contribution in [3.63, 3.8) is 0 Å². The Morgan fingerprint density at radius 3 is 0.768 bits per heavy atom. The molecule has 0 saturated carbocycles. The van der Waals surface area contributed by atoms with Crippen molar-refractivity contribution >= 4 is 39.5 Å². The van der Waals surface area contributed by atoms with Crippen LogP contribution in [0.1, 0.15) is 381 Å². The average Bonchev–Trinajstić information content (AvgIpc) is 2.07. The van der Waals surface area contributed by atoms with E-state index in [1.54, 1.807) is 0 Å². The number of aliphatic hydroxyl groups is 1. The number of carbonyl (C=O) groups is 4. The molecule has 0 aromatic rings. The molecule has 19 heteroatoms. The molecule has 5 atom stereocenters. The third-order valence-corrected chi connectivity index (χ3v) is 19.1. The van der Waals surface area contributed by atoms with Crippen LogP contribution in [-0.2, 0) is 65.4 Å². The summed E-state index contributed by atoms with van der Waals surface area (Å²) in [7, 11) is -9.91. The van der Waals surface area contributed by atoms with Crippen molar-refractivity contribution in [3.8, 4) is 0 Å². The number of carbonyl (C=O) groups excluding carboxylic acids is 4. The van der Waals surface area contributed by atoms with Crippen LogP contribution in [0.3, 0.4) is 0 Å². The van der Waals surface area contributed by atoms with E-state index in [1.165, 1.54) is 193 Å². The smallest absolute Gasteiger partial charge is 0.462 e. The molecule has 0 aliphatic carbocycles. The number of allylic oxidation sites excluding steroid dienone is 4. The number of unbranched alkanes of at least 4 members (excludes halogenated alkanes) is 46. The van der Waals surface area contributed by atoms with Crippen LogP contribution >= 0.6 is 15.6 Å². The summed E-state index contributed by atoms with van der Waals surface area (Å²) < 4.78 is 68.3. The normalized spacial score (nSPS) is 14.1. The van der Waals surface area contributed by atoms with Crippen LogP contribution in [0.25, 0.3) is 0 Å². The van der Waals surface area contributed by atoms with Crippen molar-refractivity contribution in [3.05, 3.63) is 24.3 Å². The highest BCUT2D eigenvalue weighted by Gasteiger charge is 2.30. The Morgan fingerprint density at radius 2 is 0.505 bits per heavy atom. The van der Waals surface area contributed by atoms with Crippen LogP contribution in [0.5, 0.6) is 0 Å². The lowest BCUT2D eigenvalue weighted by molar-refractivity contribution is -0.161. The Labute approximate surface area is 580 Å². The summed E-state index contributed by atoms with van der Waals surface area (Å²) in [6, 6.07) is 0. The zero-order valence-corrected chi connectivity index (χ0v) is 62.9. The second-order valence-electron chi connectivity index (χ2n) is 26.7. The molecule has 95 heavy (non-hydrogen) atoms. The summed E-state index contributed by atoms with van der Waals surface area (Å²) in [5.74, 6) is -2.15. The number of rotatable bonds is 75. The number of hydrogen-bond acceptors (Lipinski definition) is 15. The van der Waals surface area contributed by atoms with Gasteiger partial charge in [0.25, 0.3) is 0 Å². The fourth-order valence-electron chi connectivity index (χ4n) is 11.2. The zero-order valence-electron chi connectivity index (χ0n) is 61.1. The van der Waals surface area contributed by atoms with Gasteiger partial charge in [0.05, 0.1) is 26.4 Å². The fourth-order valence-corrected chi connectivity index (χ4v) is 12.8. The number of ether oxygens (including phenoxy) is 4. The molecular formula is C76H144O17P2. The standard InChI is InChI=1S/C76H144O17P2/c1-5-9-13-17-20-23-26-29-32-34-35-36-39-42-45-48-51-55-59-63-76(81)93-72(67-87-74(79)61-57-53-49-46-43-40-38-33-30-27-24-21-18-14-10-6-2)69-91-95(84,85)89-65-70(77)64-88-94(82,83)90-68-71(66-86-73(78)60-56-52-16-12-8-4)92-75(80)62-58-54-50-47-44-41-37-31-28-25-22-19-15-11-7-3/h25,28,31,37,70-72,77H,5-24,26-27,29-30,32-36,38-69H2,1-4H3,(H,82,83)(H,84,85)/b28-25-,37-31-/t70-,71+,72+/m0/s1. The maximum atomic E-state index is 13.1. The third kappa shape index (κ3) is 69.8. The van der Waals surface area contributed by atoms with Gasteiger partial charge in [-0.3, -0.25) is 37.3 Å². The molecule has 17 nitrogen and oxygen atoms in total. The minimum absolute atomic E-state index is 0.0846. The van der Waals surface area contributed by atoms with Gasteiger partial charge in [0, 0.05) is 25.7 Å². The monoisotopic (exact) mass is 1390 g/mol. The molecule has 0 heterocycles. The predicted molar refractivity (Wildman–Crippen MR) is 386 cm³/mol. The molecule has 0 aliphatic rings. The molecule has 560 valence electrons. The van der Waals surface area contributed by atoms with Gasteiger partial charge in [-0.1, -0.05) is 328 Å². The number of aliphatic hydroxyl groups excluding tert-OH is 1. The van der Waals surface area contributed by atoms with Gasteiger partial charge in [0.2, 0.25) is 0 Å². The molecule has 0 bridgehead atoms. The molecule has 0 fully saturated rings. The Morgan fingerprint density at radius 1 is 0.295 bits per heavy atom. The Bertz CT molecular complexity index is 1900. The lowest BCUT2D eigenvalue weighted by atomic mass is 10.0. The molecule has 0 aliphatic heterocycles. The topological polar surface area (TPSA) is 237 Å². The van der Waals surface area contributed by atoms with E-state index in [4.69, 9.17) is 37.0 Å². The van der Waals surface area contributed by atoms with Crippen LogP contribution in [-0.4, -0.2) is 96.7 Å². The summed E-state index contributed by atoms with van der Waals surface area (Å²) in [5, 5.41) is 10.6. The van der Waals surface area contributed by atoms with Crippen molar-refractivity contribution < 1.29 is 80.2 Å². The van der Waals surface area contributed by atoms with E-state index in [0.29, 0.717) is 25.7 Å². The highest BCUT2D eigenvalue weighted by Crippen LogP contribution is 2.45. The number of phosphoric ester groups is 2. The first-order chi connectivity index (χ1) is 46.2. The van der Waals surface area contributed by atoms with E-state index in [1.807, 2.05) is 0 Å². The van der Waals surface area contributed by atoms with Gasteiger partial charge in [0.15, 0.2) is 12.2 Å². The molecular weight excluding hydrogens is 1250 g/mol. The third-order valence-electron chi connectivity index (χ3n) is 17.2. The second kappa shape index (κ2) is 70.0. The van der Waals surface area contributed by atoms with Crippen molar-refractivity contribution in [1.29, 1.82) is 0 Å². The maximum absolute atomic E-state index is 13.1. The SMILES string of the molecule is CCCCCC/C=C\C=C/CCCCCCCC(=O)O[C@H](COC(=O)CCCCCCC)COP(=O)(O)OC[C@H](O)COP(=O)(O)OC[C@@H](COC(=O)CCCCCCCCCCCCCCCCCC)OC(=O)CCCCCCCCCCCCCCCCCCCCC. The molecule has 0 rings (SSSR count). The first kappa shape index (κ1) is 92.5. The van der Waals surface area contributed by atoms with Crippen LogP contribution in [0.2, 0.25) is 0 Å². The number of hydrogen-bond donors (Lipinski definition) is 3. The molecule has 0 amide bonds. The van der Waals surface area contributed by atoms with E-state index in [0.717, 1.165) is 109 Å². The molecule has 0 aromatic carbocycles. The number of phosphoric acid groups is 2. The lowest BCUT2D eigenvalue weighted by Crippen LogP contribution is -2.30. The summed E-state index contributed by atoms with van der Waals surface area (Å²) in [4.78, 5) is 72.5. The first-order valence-corrected chi connectivity index (χ1v) is 42.1. The van der Waals surface area contributed by atoms with Gasteiger partial charge >= 0.3 is 39.5 Å². The van der Waals surface area contributed by atoms with E-state index >= 15 is 0 Å². The van der Waals surface area contributed by atoms with Crippen molar-refractivity contribution in [1.82, 2.24) is 0 Å². The van der Waals surface area contributed by atoms with Crippen molar-refractivity contribution in [2.45, 2.75) is 399 Å². The molecule has 0 spiro atoms. The molecule has 0 saturated heterocycles. The number of esters is 4. The Hall–Kier alpha value is -2.46. The summed E-state index contributed by atoms with van der Waals surface area (Å²) in [6.45, 7) is 4.83.